The highest BCUT2D eigenvalue weighted by Crippen LogP contribution is 2.21. The Bertz CT molecular complexity index is 432. The molecule has 0 fully saturated rings. The lowest BCUT2D eigenvalue weighted by Gasteiger charge is -2.06. The minimum Gasteiger partial charge on any atom is -0.351 e. The van der Waals surface area contributed by atoms with Gasteiger partial charge in [-0.2, -0.15) is 0 Å². The predicted molar refractivity (Wildman–Crippen MR) is 72.8 cm³/mol. The number of carbonyl (C=O) groups is 1. The monoisotopic (exact) mass is 291 g/mol. The Morgan fingerprint density at radius 1 is 1.35 bits per heavy atom. The van der Waals surface area contributed by atoms with E-state index in [1.807, 2.05) is 6.07 Å². The molecule has 0 bridgehead atoms. The normalized spacial score (nSPS) is 10.1. The molecule has 0 aromatic heterocycles. The van der Waals surface area contributed by atoms with E-state index < -0.39 is 0 Å². The van der Waals surface area contributed by atoms with Crippen LogP contribution in [0.3, 0.4) is 0 Å². The molecule has 92 valence electrons. The molecule has 0 saturated carbocycles. The molecular weight excluding hydrogens is 280 g/mol. The van der Waals surface area contributed by atoms with E-state index in [2.05, 4.69) is 11.9 Å². The van der Waals surface area contributed by atoms with E-state index in [1.165, 1.54) is 0 Å². The first kappa shape index (κ1) is 14.4. The summed E-state index contributed by atoms with van der Waals surface area (Å²) in [4.78, 5) is 11.4. The molecular formula is C12H12Cl3NO. The van der Waals surface area contributed by atoms with E-state index in [4.69, 9.17) is 34.8 Å². The maximum absolute atomic E-state index is 11.4. The van der Waals surface area contributed by atoms with Crippen molar-refractivity contribution >= 4 is 40.7 Å². The maximum Gasteiger partial charge on any atom is 0.220 e. The van der Waals surface area contributed by atoms with Crippen LogP contribution in [0.2, 0.25) is 10.0 Å². The summed E-state index contributed by atoms with van der Waals surface area (Å²) in [6, 6.07) is 5.23. The summed E-state index contributed by atoms with van der Waals surface area (Å²) in [5.41, 5.74) is 0.899. The van der Waals surface area contributed by atoms with E-state index in [0.717, 1.165) is 5.56 Å². The summed E-state index contributed by atoms with van der Waals surface area (Å²) < 4.78 is 0. The fourth-order valence-electron chi connectivity index (χ4n) is 1.26. The molecule has 0 saturated heterocycles. The van der Waals surface area contributed by atoms with Crippen LogP contribution in [-0.2, 0) is 11.2 Å². The van der Waals surface area contributed by atoms with Gasteiger partial charge < -0.3 is 5.32 Å². The van der Waals surface area contributed by atoms with Crippen molar-refractivity contribution in [3.63, 3.8) is 0 Å². The highest BCUT2D eigenvalue weighted by atomic mass is 35.5. The van der Waals surface area contributed by atoms with Crippen molar-refractivity contribution < 1.29 is 4.79 Å². The van der Waals surface area contributed by atoms with E-state index in [9.17, 15) is 4.79 Å². The zero-order valence-electron chi connectivity index (χ0n) is 9.10. The van der Waals surface area contributed by atoms with Gasteiger partial charge in [0.15, 0.2) is 0 Å². The van der Waals surface area contributed by atoms with Gasteiger partial charge in [-0.05, 0) is 24.1 Å². The second kappa shape index (κ2) is 6.90. The van der Waals surface area contributed by atoms with E-state index in [0.29, 0.717) is 27.9 Å². The number of hydrogen-bond acceptors (Lipinski definition) is 1. The van der Waals surface area contributed by atoms with Crippen molar-refractivity contribution in [2.24, 2.45) is 0 Å². The van der Waals surface area contributed by atoms with Gasteiger partial charge in [0.25, 0.3) is 0 Å². The number of carbonyl (C=O) groups excluding carboxylic acids is 1. The van der Waals surface area contributed by atoms with Crippen LogP contribution in [0.5, 0.6) is 0 Å². The molecule has 0 aliphatic heterocycles. The number of aryl methyl sites for hydroxylation is 1. The standard InChI is InChI=1S/C12H12Cl3NO/c1-8(13)7-16-12(17)5-3-9-2-4-10(14)6-11(9)15/h2,4,6H,1,3,5,7H2,(H,16,17). The maximum atomic E-state index is 11.4. The van der Waals surface area contributed by atoms with Crippen LogP contribution in [0.25, 0.3) is 0 Å². The van der Waals surface area contributed by atoms with Crippen molar-refractivity contribution in [1.82, 2.24) is 5.32 Å². The summed E-state index contributed by atoms with van der Waals surface area (Å²) in [5.74, 6) is -0.0854. The molecule has 0 unspecified atom stereocenters. The second-order valence-electron chi connectivity index (χ2n) is 3.53. The van der Waals surface area contributed by atoms with E-state index >= 15 is 0 Å². The summed E-state index contributed by atoms with van der Waals surface area (Å²) in [5, 5.41) is 4.21. The average molecular weight is 293 g/mol. The fraction of sp³-hybridized carbons (Fsp3) is 0.250. The molecule has 1 aromatic carbocycles. The smallest absolute Gasteiger partial charge is 0.220 e. The first-order valence-corrected chi connectivity index (χ1v) is 6.16. The van der Waals surface area contributed by atoms with Crippen LogP contribution in [0.15, 0.2) is 29.8 Å². The molecule has 1 N–H and O–H groups in total. The summed E-state index contributed by atoms with van der Waals surface area (Å²) in [6.45, 7) is 3.77. The highest BCUT2D eigenvalue weighted by Gasteiger charge is 2.05. The summed E-state index contributed by atoms with van der Waals surface area (Å²) in [7, 11) is 0. The Morgan fingerprint density at radius 2 is 2.06 bits per heavy atom. The van der Waals surface area contributed by atoms with Crippen LogP contribution in [0.1, 0.15) is 12.0 Å². The summed E-state index contributed by atoms with van der Waals surface area (Å²) in [6.07, 6.45) is 0.919. The first-order chi connectivity index (χ1) is 7.99. The molecule has 1 amide bonds. The van der Waals surface area contributed by atoms with Gasteiger partial charge in [-0.15, -0.1) is 0 Å². The fourth-order valence-corrected chi connectivity index (χ4v) is 1.83. The molecule has 1 rings (SSSR count). The second-order valence-corrected chi connectivity index (χ2v) is 4.91. The molecule has 0 aliphatic rings. The van der Waals surface area contributed by atoms with Crippen LogP contribution >= 0.6 is 34.8 Å². The number of nitrogens with one attached hydrogen (secondary N) is 1. The molecule has 5 heteroatoms. The lowest BCUT2D eigenvalue weighted by Crippen LogP contribution is -2.24. The van der Waals surface area contributed by atoms with Gasteiger partial charge in [0.05, 0.1) is 6.54 Å². The topological polar surface area (TPSA) is 29.1 Å². The van der Waals surface area contributed by atoms with Crippen LogP contribution in [-0.4, -0.2) is 12.5 Å². The van der Waals surface area contributed by atoms with Gasteiger partial charge in [-0.3, -0.25) is 4.79 Å². The van der Waals surface area contributed by atoms with Gasteiger partial charge in [0.1, 0.15) is 0 Å². The zero-order chi connectivity index (χ0) is 12.8. The van der Waals surface area contributed by atoms with Crippen LogP contribution < -0.4 is 5.32 Å². The first-order valence-electron chi connectivity index (χ1n) is 5.03. The number of amides is 1. The molecule has 0 aliphatic carbocycles. The predicted octanol–water partition coefficient (Wildman–Crippen LogP) is 3.79. The molecule has 0 heterocycles. The third kappa shape index (κ3) is 5.44. The van der Waals surface area contributed by atoms with Gasteiger partial charge in [0, 0.05) is 21.5 Å². The Morgan fingerprint density at radius 3 is 2.65 bits per heavy atom. The van der Waals surface area contributed by atoms with Crippen LogP contribution in [0.4, 0.5) is 0 Å². The van der Waals surface area contributed by atoms with Gasteiger partial charge in [0.2, 0.25) is 5.91 Å². The van der Waals surface area contributed by atoms with E-state index in [-0.39, 0.29) is 12.5 Å². The van der Waals surface area contributed by atoms with E-state index in [1.54, 1.807) is 12.1 Å². The third-order valence-corrected chi connectivity index (χ3v) is 2.83. The minimum atomic E-state index is -0.0854. The molecule has 0 spiro atoms. The largest absolute Gasteiger partial charge is 0.351 e. The van der Waals surface area contributed by atoms with Crippen molar-refractivity contribution in [3.8, 4) is 0 Å². The highest BCUT2D eigenvalue weighted by molar-refractivity contribution is 6.35. The Labute approximate surface area is 116 Å². The summed E-state index contributed by atoms with van der Waals surface area (Å²) >= 11 is 17.3. The quantitative estimate of drug-likeness (QED) is 0.879. The van der Waals surface area contributed by atoms with Gasteiger partial charge in [-0.25, -0.2) is 0 Å². The van der Waals surface area contributed by atoms with Gasteiger partial charge in [-0.1, -0.05) is 47.4 Å². The Hall–Kier alpha value is -0.700. The molecule has 1 aromatic rings. The third-order valence-electron chi connectivity index (χ3n) is 2.11. The SMILES string of the molecule is C=C(Cl)CNC(=O)CCc1ccc(Cl)cc1Cl. The van der Waals surface area contributed by atoms with Crippen molar-refractivity contribution in [2.75, 3.05) is 6.54 Å². The van der Waals surface area contributed by atoms with Crippen molar-refractivity contribution in [3.05, 3.63) is 45.4 Å². The average Bonchev–Trinajstić information content (AvgIpc) is 2.25. The minimum absolute atomic E-state index is 0.0854. The number of halogens is 3. The Balaban J connectivity index is 2.44. The Kier molecular flexibility index (Phi) is 5.83. The van der Waals surface area contributed by atoms with Crippen molar-refractivity contribution in [2.45, 2.75) is 12.8 Å². The lowest BCUT2D eigenvalue weighted by molar-refractivity contribution is -0.120. The molecule has 0 atom stereocenters. The van der Waals surface area contributed by atoms with Crippen LogP contribution in [0, 0.1) is 0 Å². The number of benzene rings is 1. The molecule has 2 nitrogen and oxygen atoms in total. The number of rotatable bonds is 5. The zero-order valence-corrected chi connectivity index (χ0v) is 11.4. The van der Waals surface area contributed by atoms with Crippen molar-refractivity contribution in [1.29, 1.82) is 0 Å². The number of hydrogen-bond donors (Lipinski definition) is 1. The lowest BCUT2D eigenvalue weighted by atomic mass is 10.1. The van der Waals surface area contributed by atoms with Gasteiger partial charge >= 0.3 is 0 Å². The molecule has 0 radical (unpaired) electrons. The molecule has 17 heavy (non-hydrogen) atoms.